The number of amides is 1. The molecule has 4 rings (SSSR count). The number of carbonyl (C=O) groups is 1. The highest BCUT2D eigenvalue weighted by Gasteiger charge is 2.34. The van der Waals surface area contributed by atoms with Crippen molar-refractivity contribution in [2.45, 2.75) is 50.3 Å². The first-order chi connectivity index (χ1) is 14.5. The summed E-state index contributed by atoms with van der Waals surface area (Å²) in [6, 6.07) is 6.88. The lowest BCUT2D eigenvalue weighted by Crippen LogP contribution is -2.41. The number of piperidine rings is 1. The van der Waals surface area contributed by atoms with Crippen LogP contribution in [0, 0.1) is 5.92 Å². The number of hydrogen-bond acceptors (Lipinski definition) is 7. The predicted octanol–water partition coefficient (Wildman–Crippen LogP) is 3.07. The van der Waals surface area contributed by atoms with Crippen molar-refractivity contribution >= 4 is 38.2 Å². The molecule has 2 aromatic rings. The van der Waals surface area contributed by atoms with Gasteiger partial charge in [0.15, 0.2) is 5.84 Å². The van der Waals surface area contributed by atoms with E-state index in [1.807, 2.05) is 11.0 Å². The number of nitrogens with one attached hydrogen (secondary N) is 1. The lowest BCUT2D eigenvalue weighted by atomic mass is 9.95. The molecule has 1 N–H and O–H groups in total. The maximum absolute atomic E-state index is 12.6. The van der Waals surface area contributed by atoms with Crippen molar-refractivity contribution < 1.29 is 13.2 Å². The topological polar surface area (TPSA) is 105 Å². The van der Waals surface area contributed by atoms with E-state index in [-0.39, 0.29) is 16.7 Å². The summed E-state index contributed by atoms with van der Waals surface area (Å²) < 4.78 is 28.5. The number of fused-ring (bicyclic) bond motifs is 1. The van der Waals surface area contributed by atoms with Crippen LogP contribution in [0.1, 0.15) is 49.6 Å². The highest BCUT2D eigenvalue weighted by atomic mass is 32.2. The number of aromatic nitrogens is 2. The molecular weight excluding hydrogens is 422 g/mol. The van der Waals surface area contributed by atoms with E-state index in [1.165, 1.54) is 11.3 Å². The van der Waals surface area contributed by atoms with E-state index in [0.717, 1.165) is 30.7 Å². The zero-order valence-electron chi connectivity index (χ0n) is 16.9. The number of nitrogens with zero attached hydrogens (tertiary/aromatic N) is 4. The lowest BCUT2D eigenvalue weighted by molar-refractivity contribution is -0.120. The summed E-state index contributed by atoms with van der Waals surface area (Å²) in [4.78, 5) is 14.9. The van der Waals surface area contributed by atoms with Gasteiger partial charge in [-0.25, -0.2) is 0 Å². The van der Waals surface area contributed by atoms with E-state index in [9.17, 15) is 13.2 Å². The van der Waals surface area contributed by atoms with Gasteiger partial charge in [-0.3, -0.25) is 4.79 Å². The fourth-order valence-electron chi connectivity index (χ4n) is 3.81. The second-order valence-electron chi connectivity index (χ2n) is 7.59. The van der Waals surface area contributed by atoms with E-state index in [4.69, 9.17) is 0 Å². The van der Waals surface area contributed by atoms with Crippen LogP contribution in [0.3, 0.4) is 0 Å². The third-order valence-corrected chi connectivity index (χ3v) is 7.69. The number of rotatable bonds is 6. The minimum atomic E-state index is -3.63. The van der Waals surface area contributed by atoms with Gasteiger partial charge >= 0.3 is 0 Å². The van der Waals surface area contributed by atoms with Crippen LogP contribution in [0.15, 0.2) is 33.6 Å². The molecule has 30 heavy (non-hydrogen) atoms. The molecular formula is C20H25N5O3S2. The Balaban J connectivity index is 1.33. The minimum Gasteiger partial charge on any atom is -0.355 e. The fraction of sp³-hybridized carbons (Fsp3) is 0.500. The number of sulfonamides is 1. The van der Waals surface area contributed by atoms with Crippen molar-refractivity contribution in [3.63, 3.8) is 0 Å². The predicted molar refractivity (Wildman–Crippen MR) is 116 cm³/mol. The zero-order valence-corrected chi connectivity index (χ0v) is 18.5. The summed E-state index contributed by atoms with van der Waals surface area (Å²) in [5.41, 5.74) is 0.643. The first-order valence-corrected chi connectivity index (χ1v) is 12.6. The normalized spacial score (nSPS) is 18.2. The first kappa shape index (κ1) is 20.9. The number of amidine groups is 1. The highest BCUT2D eigenvalue weighted by molar-refractivity contribution is 7.90. The van der Waals surface area contributed by atoms with E-state index in [2.05, 4.69) is 26.8 Å². The van der Waals surface area contributed by atoms with E-state index < -0.39 is 10.0 Å². The van der Waals surface area contributed by atoms with Crippen molar-refractivity contribution in [3.05, 3.63) is 34.8 Å². The van der Waals surface area contributed by atoms with Crippen molar-refractivity contribution in [1.82, 2.24) is 15.1 Å². The zero-order chi connectivity index (χ0) is 21.1. The van der Waals surface area contributed by atoms with Crippen LogP contribution in [0.25, 0.3) is 0 Å². The number of aryl methyl sites for hydroxylation is 1. The quantitative estimate of drug-likeness (QED) is 0.683. The molecule has 0 aliphatic carbocycles. The molecule has 1 saturated heterocycles. The monoisotopic (exact) mass is 447 g/mol. The number of unbranched alkanes of at least 4 members (excludes halogenated alkanes) is 2. The Kier molecular flexibility index (Phi) is 6.14. The fourth-order valence-corrected chi connectivity index (χ4v) is 5.82. The molecule has 0 bridgehead atoms. The Hall–Kier alpha value is -2.33. The molecule has 1 amide bonds. The van der Waals surface area contributed by atoms with Crippen LogP contribution in [-0.4, -0.2) is 48.3 Å². The highest BCUT2D eigenvalue weighted by Crippen LogP contribution is 2.30. The van der Waals surface area contributed by atoms with Crippen LogP contribution in [0.5, 0.6) is 0 Å². The lowest BCUT2D eigenvalue weighted by Gasteiger charge is -2.32. The summed E-state index contributed by atoms with van der Waals surface area (Å²) in [7, 11) is -3.63. The Morgan fingerprint density at radius 1 is 1.20 bits per heavy atom. The van der Waals surface area contributed by atoms with Crippen molar-refractivity contribution in [2.75, 3.05) is 18.4 Å². The van der Waals surface area contributed by atoms with Crippen molar-refractivity contribution in [2.24, 2.45) is 10.3 Å². The average Bonchev–Trinajstić information content (AvgIpc) is 3.30. The van der Waals surface area contributed by atoms with Gasteiger partial charge < -0.3 is 10.2 Å². The molecule has 1 aromatic carbocycles. The molecule has 2 aliphatic heterocycles. The molecule has 1 aromatic heterocycles. The van der Waals surface area contributed by atoms with Crippen LogP contribution >= 0.6 is 11.3 Å². The number of benzene rings is 1. The molecule has 2 aliphatic rings. The standard InChI is InChI=1S/C20H25N5O3S2/c1-2-3-4-9-17-22-23-20(29-17)21-19(26)14-10-12-25(13-11-14)18-15-7-5-6-8-16(15)30(27,28)24-18/h5-8,14H,2-4,9-13H2,1H3,(H,21,23,26). The van der Waals surface area contributed by atoms with Crippen LogP contribution in [0.4, 0.5) is 5.13 Å². The van der Waals surface area contributed by atoms with Gasteiger partial charge in [0.25, 0.3) is 10.0 Å². The maximum Gasteiger partial charge on any atom is 0.285 e. The van der Waals surface area contributed by atoms with Crippen LogP contribution < -0.4 is 5.32 Å². The summed E-state index contributed by atoms with van der Waals surface area (Å²) in [5.74, 6) is 0.306. The Morgan fingerprint density at radius 2 is 1.97 bits per heavy atom. The molecule has 0 unspecified atom stereocenters. The largest absolute Gasteiger partial charge is 0.355 e. The summed E-state index contributed by atoms with van der Waals surface area (Å²) in [5, 5.41) is 12.6. The van der Waals surface area contributed by atoms with Gasteiger partial charge in [0, 0.05) is 31.0 Å². The van der Waals surface area contributed by atoms with E-state index >= 15 is 0 Å². The molecule has 8 nitrogen and oxygen atoms in total. The van der Waals surface area contributed by atoms with Crippen molar-refractivity contribution in [3.8, 4) is 0 Å². The molecule has 0 spiro atoms. The van der Waals surface area contributed by atoms with E-state index in [1.54, 1.807) is 18.2 Å². The third-order valence-electron chi connectivity index (χ3n) is 5.47. The number of anilines is 1. The van der Waals surface area contributed by atoms with Gasteiger partial charge in [-0.05, 0) is 31.4 Å². The Morgan fingerprint density at radius 3 is 2.73 bits per heavy atom. The summed E-state index contributed by atoms with van der Waals surface area (Å²) in [6.45, 7) is 3.33. The van der Waals surface area contributed by atoms with Gasteiger partial charge in [0.2, 0.25) is 11.0 Å². The molecule has 3 heterocycles. The Labute approximate surface area is 180 Å². The second kappa shape index (κ2) is 8.81. The summed E-state index contributed by atoms with van der Waals surface area (Å²) in [6.07, 6.45) is 5.57. The van der Waals surface area contributed by atoms with Gasteiger partial charge in [-0.1, -0.05) is 43.2 Å². The molecule has 1 fully saturated rings. The molecule has 0 radical (unpaired) electrons. The van der Waals surface area contributed by atoms with Crippen LogP contribution in [0.2, 0.25) is 0 Å². The molecule has 10 heteroatoms. The van der Waals surface area contributed by atoms with Crippen LogP contribution in [-0.2, 0) is 21.2 Å². The second-order valence-corrected chi connectivity index (χ2v) is 10.2. The van der Waals surface area contributed by atoms with Gasteiger partial charge in [-0.15, -0.1) is 14.6 Å². The minimum absolute atomic E-state index is 0.0488. The van der Waals surface area contributed by atoms with Gasteiger partial charge in [-0.2, -0.15) is 8.42 Å². The SMILES string of the molecule is CCCCCc1nnc(NC(=O)C2CCN(C3=NS(=O)(=O)c4ccccc43)CC2)s1. The Bertz CT molecular complexity index is 1060. The summed E-state index contributed by atoms with van der Waals surface area (Å²) >= 11 is 1.44. The number of likely N-dealkylation sites (tertiary alicyclic amines) is 1. The maximum atomic E-state index is 12.6. The third kappa shape index (κ3) is 4.39. The van der Waals surface area contributed by atoms with E-state index in [0.29, 0.717) is 42.5 Å². The van der Waals surface area contributed by atoms with Crippen molar-refractivity contribution in [1.29, 1.82) is 0 Å². The average molecular weight is 448 g/mol. The number of carbonyl (C=O) groups excluding carboxylic acids is 1. The van der Waals surface area contributed by atoms with Gasteiger partial charge in [0.1, 0.15) is 9.90 Å². The molecule has 0 saturated carbocycles. The smallest absolute Gasteiger partial charge is 0.285 e. The number of hydrogen-bond donors (Lipinski definition) is 1. The first-order valence-electron chi connectivity index (χ1n) is 10.3. The molecule has 0 atom stereocenters. The van der Waals surface area contributed by atoms with Gasteiger partial charge in [0.05, 0.1) is 0 Å². The molecule has 160 valence electrons.